The normalized spacial score (nSPS) is 10.4. The molecule has 24 heavy (non-hydrogen) atoms. The fraction of sp³-hybridized carbons (Fsp3) is 0.0500. The van der Waals surface area contributed by atoms with E-state index in [1.54, 1.807) is 6.07 Å². The molecule has 0 N–H and O–H groups in total. The zero-order chi connectivity index (χ0) is 16.9. The van der Waals surface area contributed by atoms with Crippen molar-refractivity contribution in [2.45, 2.75) is 6.61 Å². The molecule has 119 valence electrons. The Morgan fingerprint density at radius 1 is 0.917 bits per heavy atom. The van der Waals surface area contributed by atoms with Crippen molar-refractivity contribution in [2.75, 3.05) is 0 Å². The van der Waals surface area contributed by atoms with Gasteiger partial charge in [0.05, 0.1) is 4.92 Å². The van der Waals surface area contributed by atoms with Crippen LogP contribution in [0.5, 0.6) is 5.75 Å². The second-order valence-corrected chi connectivity index (χ2v) is 5.37. The van der Waals surface area contributed by atoms with E-state index in [1.807, 2.05) is 54.6 Å². The number of nitrogens with zero attached hydrogens (tertiary/aromatic N) is 1. The molecular formula is C20H16NO3. The lowest BCUT2D eigenvalue weighted by molar-refractivity contribution is -0.384. The lowest BCUT2D eigenvalue weighted by Gasteiger charge is -2.13. The van der Waals surface area contributed by atoms with Crippen molar-refractivity contribution in [3.63, 3.8) is 0 Å². The molecule has 3 aromatic rings. The maximum atomic E-state index is 10.9. The first-order valence-corrected chi connectivity index (χ1v) is 7.51. The van der Waals surface area contributed by atoms with Crippen molar-refractivity contribution < 1.29 is 9.66 Å². The minimum atomic E-state index is -0.420. The van der Waals surface area contributed by atoms with Crippen LogP contribution in [-0.4, -0.2) is 4.92 Å². The van der Waals surface area contributed by atoms with Gasteiger partial charge in [-0.3, -0.25) is 10.1 Å². The third-order valence-electron chi connectivity index (χ3n) is 3.71. The van der Waals surface area contributed by atoms with Gasteiger partial charge < -0.3 is 4.74 Å². The van der Waals surface area contributed by atoms with E-state index in [1.165, 1.54) is 12.1 Å². The third kappa shape index (κ3) is 3.43. The molecule has 0 amide bonds. The molecule has 0 saturated carbocycles. The maximum Gasteiger partial charge on any atom is 0.269 e. The van der Waals surface area contributed by atoms with Crippen LogP contribution in [0.25, 0.3) is 11.1 Å². The molecule has 0 saturated heterocycles. The van der Waals surface area contributed by atoms with Crippen LogP contribution in [0, 0.1) is 17.0 Å². The highest BCUT2D eigenvalue weighted by atomic mass is 16.6. The van der Waals surface area contributed by atoms with E-state index < -0.39 is 4.92 Å². The second kappa shape index (κ2) is 6.96. The lowest BCUT2D eigenvalue weighted by Crippen LogP contribution is -1.97. The van der Waals surface area contributed by atoms with Crippen molar-refractivity contribution in [3.8, 4) is 16.9 Å². The molecule has 0 heterocycles. The van der Waals surface area contributed by atoms with E-state index in [4.69, 9.17) is 4.74 Å². The molecule has 3 rings (SSSR count). The highest BCUT2D eigenvalue weighted by Gasteiger charge is 2.12. The summed E-state index contributed by atoms with van der Waals surface area (Å²) in [4.78, 5) is 10.5. The summed E-state index contributed by atoms with van der Waals surface area (Å²) in [7, 11) is 0. The predicted octanol–water partition coefficient (Wildman–Crippen LogP) is 5.02. The Labute approximate surface area is 140 Å². The molecule has 3 aromatic carbocycles. The Bertz CT molecular complexity index is 860. The second-order valence-electron chi connectivity index (χ2n) is 5.37. The summed E-state index contributed by atoms with van der Waals surface area (Å²) < 4.78 is 5.95. The first kappa shape index (κ1) is 15.7. The van der Waals surface area contributed by atoms with Gasteiger partial charge in [-0.25, -0.2) is 0 Å². The lowest BCUT2D eigenvalue weighted by atomic mass is 9.99. The number of nitro groups is 1. The summed E-state index contributed by atoms with van der Waals surface area (Å²) in [5, 5.41) is 10.9. The molecule has 0 unspecified atom stereocenters. The van der Waals surface area contributed by atoms with E-state index in [-0.39, 0.29) is 5.69 Å². The number of hydrogen-bond donors (Lipinski definition) is 0. The summed E-state index contributed by atoms with van der Waals surface area (Å²) in [6.45, 7) is 4.40. The van der Waals surface area contributed by atoms with Gasteiger partial charge in [0, 0.05) is 17.7 Å². The summed E-state index contributed by atoms with van der Waals surface area (Å²) in [5.41, 5.74) is 3.40. The fourth-order valence-corrected chi connectivity index (χ4v) is 2.51. The number of para-hydroxylation sites is 1. The van der Waals surface area contributed by atoms with Crippen molar-refractivity contribution in [3.05, 3.63) is 101 Å². The molecule has 0 spiro atoms. The molecule has 0 atom stereocenters. The summed E-state index contributed by atoms with van der Waals surface area (Å²) in [6, 6.07) is 22.2. The van der Waals surface area contributed by atoms with Crippen molar-refractivity contribution in [1.82, 2.24) is 0 Å². The van der Waals surface area contributed by atoms with Gasteiger partial charge in [-0.2, -0.15) is 0 Å². The van der Waals surface area contributed by atoms with Crippen molar-refractivity contribution >= 4 is 5.69 Å². The summed E-state index contributed by atoms with van der Waals surface area (Å²) in [6.07, 6.45) is 0. The Hall–Kier alpha value is -3.14. The number of rotatable bonds is 5. The minimum Gasteiger partial charge on any atom is -0.488 e. The number of non-ortho nitro benzene ring substituents is 1. The molecule has 0 aliphatic carbocycles. The largest absolute Gasteiger partial charge is 0.488 e. The van der Waals surface area contributed by atoms with Gasteiger partial charge in [-0.15, -0.1) is 0 Å². The number of benzene rings is 3. The molecule has 4 heteroatoms. The van der Waals surface area contributed by atoms with Crippen LogP contribution >= 0.6 is 0 Å². The molecule has 4 nitrogen and oxygen atoms in total. The summed E-state index contributed by atoms with van der Waals surface area (Å²) in [5.74, 6) is 0.722. The topological polar surface area (TPSA) is 52.4 Å². The molecule has 1 radical (unpaired) electrons. The molecule has 0 aliphatic heterocycles. The minimum absolute atomic E-state index is 0.0337. The molecule has 0 aromatic heterocycles. The average molecular weight is 318 g/mol. The van der Waals surface area contributed by atoms with E-state index in [2.05, 4.69) is 6.92 Å². The molecule has 0 fully saturated rings. The Morgan fingerprint density at radius 2 is 1.62 bits per heavy atom. The zero-order valence-electron chi connectivity index (χ0n) is 13.0. The Balaban J connectivity index is 1.90. The van der Waals surface area contributed by atoms with Crippen molar-refractivity contribution in [2.24, 2.45) is 0 Å². The Kier molecular flexibility index (Phi) is 4.57. The van der Waals surface area contributed by atoms with E-state index in [9.17, 15) is 10.1 Å². The van der Waals surface area contributed by atoms with Gasteiger partial charge in [-0.05, 0) is 35.7 Å². The van der Waals surface area contributed by atoms with Crippen LogP contribution in [0.2, 0.25) is 0 Å². The van der Waals surface area contributed by atoms with Gasteiger partial charge >= 0.3 is 0 Å². The number of ether oxygens (including phenoxy) is 1. The van der Waals surface area contributed by atoms with E-state index in [0.717, 1.165) is 22.4 Å². The van der Waals surface area contributed by atoms with Gasteiger partial charge in [-0.1, -0.05) is 48.5 Å². The number of nitro benzene ring substituents is 1. The van der Waals surface area contributed by atoms with Gasteiger partial charge in [0.25, 0.3) is 5.69 Å². The number of hydrogen-bond acceptors (Lipinski definition) is 3. The fourth-order valence-electron chi connectivity index (χ4n) is 2.51. The van der Waals surface area contributed by atoms with Crippen LogP contribution in [0.1, 0.15) is 11.1 Å². The third-order valence-corrected chi connectivity index (χ3v) is 3.71. The highest BCUT2D eigenvalue weighted by molar-refractivity contribution is 5.75. The standard InChI is InChI=1S/C20H16NO3/c1-15-13-17(21(22)23)11-12-18(15)19-9-5-6-10-20(19)24-14-16-7-3-2-4-8-16/h2-13H,1,14H2. The molecule has 0 bridgehead atoms. The van der Waals surface area contributed by atoms with Crippen molar-refractivity contribution in [1.29, 1.82) is 0 Å². The zero-order valence-corrected chi connectivity index (χ0v) is 13.0. The molecular weight excluding hydrogens is 302 g/mol. The van der Waals surface area contributed by atoms with E-state index in [0.29, 0.717) is 12.2 Å². The first-order valence-electron chi connectivity index (χ1n) is 7.51. The average Bonchev–Trinajstić information content (AvgIpc) is 2.61. The predicted molar refractivity (Wildman–Crippen MR) is 93.8 cm³/mol. The SMILES string of the molecule is [CH2]c1cc([N+](=O)[O-])ccc1-c1ccccc1OCc1ccccc1. The quantitative estimate of drug-likeness (QED) is 0.490. The first-order chi connectivity index (χ1) is 11.6. The van der Waals surface area contributed by atoms with E-state index >= 15 is 0 Å². The van der Waals surface area contributed by atoms with Gasteiger partial charge in [0.2, 0.25) is 0 Å². The van der Waals surface area contributed by atoms with Crippen LogP contribution in [0.4, 0.5) is 5.69 Å². The highest BCUT2D eigenvalue weighted by Crippen LogP contribution is 2.34. The molecule has 0 aliphatic rings. The van der Waals surface area contributed by atoms with Crippen LogP contribution in [-0.2, 0) is 6.61 Å². The Morgan fingerprint density at radius 3 is 2.33 bits per heavy atom. The van der Waals surface area contributed by atoms with Gasteiger partial charge in [0.1, 0.15) is 12.4 Å². The monoisotopic (exact) mass is 318 g/mol. The smallest absolute Gasteiger partial charge is 0.269 e. The maximum absolute atomic E-state index is 10.9. The van der Waals surface area contributed by atoms with Crippen LogP contribution in [0.3, 0.4) is 0 Å². The summed E-state index contributed by atoms with van der Waals surface area (Å²) >= 11 is 0. The van der Waals surface area contributed by atoms with Crippen LogP contribution in [0.15, 0.2) is 72.8 Å². The van der Waals surface area contributed by atoms with Gasteiger partial charge in [0.15, 0.2) is 0 Å². The van der Waals surface area contributed by atoms with Crippen LogP contribution < -0.4 is 4.74 Å².